The lowest BCUT2D eigenvalue weighted by molar-refractivity contribution is -0.134. The summed E-state index contributed by atoms with van der Waals surface area (Å²) in [5.74, 6) is 0.968. The van der Waals surface area contributed by atoms with Gasteiger partial charge in [0.25, 0.3) is 0 Å². The minimum Gasteiger partial charge on any atom is -0.379 e. The molecule has 57 heavy (non-hydrogen) atoms. The van der Waals surface area contributed by atoms with E-state index in [1.165, 1.54) is 19.8 Å². The average Bonchev–Trinajstić information content (AvgIpc) is 3.87. The van der Waals surface area contributed by atoms with Crippen molar-refractivity contribution in [1.29, 1.82) is 0 Å². The smallest absolute Gasteiger partial charge is 0.234 e. The lowest BCUT2D eigenvalue weighted by Crippen LogP contribution is -2.41. The van der Waals surface area contributed by atoms with Crippen LogP contribution in [-0.2, 0) is 30.4 Å². The number of ether oxygens (including phenoxy) is 2. The molecule has 304 valence electrons. The number of nitrogens with zero attached hydrogens (tertiary/aromatic N) is 5. The number of likely N-dealkylation sites (tertiary alicyclic amines) is 1. The molecule has 2 N–H and O–H groups in total. The Kier molecular flexibility index (Phi) is 13.6. The molecule has 7 heterocycles. The summed E-state index contributed by atoms with van der Waals surface area (Å²) in [6.07, 6.45) is 14.1. The first-order valence-electron chi connectivity index (χ1n) is 20.5. The Morgan fingerprint density at radius 2 is 1.79 bits per heavy atom. The van der Waals surface area contributed by atoms with Crippen LogP contribution in [0.15, 0.2) is 55.0 Å². The number of aromatic nitrogens is 3. The van der Waals surface area contributed by atoms with Crippen molar-refractivity contribution >= 4 is 51.7 Å². The van der Waals surface area contributed by atoms with Crippen molar-refractivity contribution in [2.45, 2.75) is 83.8 Å². The van der Waals surface area contributed by atoms with Crippen LogP contribution in [0.25, 0.3) is 22.2 Å². The van der Waals surface area contributed by atoms with Gasteiger partial charge in [0.05, 0.1) is 36.0 Å². The van der Waals surface area contributed by atoms with Gasteiger partial charge in [0, 0.05) is 87.3 Å². The van der Waals surface area contributed by atoms with Gasteiger partial charge in [-0.1, -0.05) is 17.7 Å². The molecule has 13 heteroatoms. The van der Waals surface area contributed by atoms with E-state index in [1.807, 2.05) is 36.7 Å². The largest absolute Gasteiger partial charge is 0.379 e. The molecule has 2 unspecified atom stereocenters. The van der Waals surface area contributed by atoms with Crippen molar-refractivity contribution in [3.63, 3.8) is 0 Å². The zero-order valence-electron chi connectivity index (χ0n) is 33.5. The SMILES string of the molecule is CC(=O)Nc1cc2c(-c3cc(C)ccn3)cn(CCC3CCN(CC4CCN(c5ccc(C6CCC(=O)NC6=O)c(Cl)c5)CC4)CC3)c2cn1.COC1CCOC1. The van der Waals surface area contributed by atoms with Crippen LogP contribution in [0.1, 0.15) is 75.3 Å². The van der Waals surface area contributed by atoms with E-state index in [0.717, 1.165) is 117 Å². The maximum absolute atomic E-state index is 12.4. The van der Waals surface area contributed by atoms with Gasteiger partial charge < -0.3 is 29.2 Å². The molecule has 4 aromatic rings. The van der Waals surface area contributed by atoms with Crippen LogP contribution < -0.4 is 15.5 Å². The van der Waals surface area contributed by atoms with Gasteiger partial charge >= 0.3 is 0 Å². The maximum Gasteiger partial charge on any atom is 0.234 e. The van der Waals surface area contributed by atoms with Crippen LogP contribution in [-0.4, -0.2) is 96.3 Å². The molecular formula is C44H56ClN7O5. The molecule has 4 aliphatic heterocycles. The Balaban J connectivity index is 0.000000641. The molecule has 4 fully saturated rings. The number of aryl methyl sites for hydroxylation is 2. The number of benzene rings is 1. The zero-order chi connectivity index (χ0) is 39.9. The van der Waals surface area contributed by atoms with E-state index >= 15 is 0 Å². The van der Waals surface area contributed by atoms with Crippen molar-refractivity contribution in [1.82, 2.24) is 24.8 Å². The second-order valence-corrected chi connectivity index (χ2v) is 16.5. The number of methoxy groups -OCH3 is 1. The van der Waals surface area contributed by atoms with E-state index in [9.17, 15) is 14.4 Å². The molecule has 0 saturated carbocycles. The highest BCUT2D eigenvalue weighted by atomic mass is 35.5. The number of carbonyl (C=O) groups excluding carboxylic acids is 3. The van der Waals surface area contributed by atoms with E-state index in [4.69, 9.17) is 21.1 Å². The lowest BCUT2D eigenvalue weighted by atomic mass is 9.89. The quantitative estimate of drug-likeness (QED) is 0.163. The van der Waals surface area contributed by atoms with Gasteiger partial charge in [-0.15, -0.1) is 0 Å². The number of imide groups is 1. The van der Waals surface area contributed by atoms with Gasteiger partial charge in [-0.05, 0) is 118 Å². The Morgan fingerprint density at radius 1 is 1.00 bits per heavy atom. The number of carbonyl (C=O) groups is 3. The Labute approximate surface area is 340 Å². The summed E-state index contributed by atoms with van der Waals surface area (Å²) in [5.41, 5.74) is 6.12. The first kappa shape index (κ1) is 40.8. The third-order valence-corrected chi connectivity index (χ3v) is 12.4. The van der Waals surface area contributed by atoms with Crippen LogP contribution in [0, 0.1) is 18.8 Å². The number of nitrogens with one attached hydrogen (secondary N) is 2. The van der Waals surface area contributed by atoms with Crippen LogP contribution >= 0.6 is 11.6 Å². The Morgan fingerprint density at radius 3 is 2.46 bits per heavy atom. The van der Waals surface area contributed by atoms with Crippen molar-refractivity contribution in [2.24, 2.45) is 11.8 Å². The van der Waals surface area contributed by atoms with Crippen LogP contribution in [0.3, 0.4) is 0 Å². The monoisotopic (exact) mass is 797 g/mol. The third kappa shape index (κ3) is 10.4. The Hall–Kier alpha value is -4.36. The summed E-state index contributed by atoms with van der Waals surface area (Å²) >= 11 is 6.67. The van der Waals surface area contributed by atoms with Crippen LogP contribution in [0.4, 0.5) is 11.5 Å². The summed E-state index contributed by atoms with van der Waals surface area (Å²) in [6, 6.07) is 12.1. The third-order valence-electron chi connectivity index (χ3n) is 12.1. The second kappa shape index (κ2) is 18.9. The minimum absolute atomic E-state index is 0.135. The highest BCUT2D eigenvalue weighted by Crippen LogP contribution is 2.36. The standard InChI is InChI=1S/C39H46ClN7O3.C5H10O2/c1-25-7-13-41-35(19-25)33-24-47(36-22-42-37(21-32(33)36)43-26(2)48)18-10-27-8-14-45(15-9-27)23-28-11-16-46(17-12-28)29-3-4-30(34(40)20-29)31-5-6-38(49)44-39(31)50;1-6-5-2-3-7-4-5/h3-4,7,13,19-22,24,27-28,31H,5-6,8-12,14-18,23H2,1-2H3,(H,42,43,48)(H,44,49,50);5H,2-4H2,1H3. The summed E-state index contributed by atoms with van der Waals surface area (Å²) in [6.45, 7) is 11.6. The summed E-state index contributed by atoms with van der Waals surface area (Å²) in [5, 5.41) is 6.92. The van der Waals surface area contributed by atoms with Crippen molar-refractivity contribution < 1.29 is 23.9 Å². The first-order chi connectivity index (χ1) is 27.6. The fourth-order valence-corrected chi connectivity index (χ4v) is 9.02. The molecule has 3 amide bonds. The number of piperidine rings is 3. The molecule has 8 rings (SSSR count). The zero-order valence-corrected chi connectivity index (χ0v) is 34.2. The topological polar surface area (TPSA) is 131 Å². The van der Waals surface area contributed by atoms with Crippen molar-refractivity contribution in [3.05, 3.63) is 71.1 Å². The van der Waals surface area contributed by atoms with Gasteiger partial charge in [0.2, 0.25) is 17.7 Å². The Bertz CT molecular complexity index is 2030. The predicted octanol–water partition coefficient (Wildman–Crippen LogP) is 6.98. The number of halogens is 1. The molecule has 4 aliphatic rings. The normalized spacial score (nSPS) is 21.0. The minimum atomic E-state index is -0.365. The molecule has 0 aliphatic carbocycles. The fraction of sp³-hybridized carbons (Fsp3) is 0.523. The molecule has 2 atom stereocenters. The number of hydrogen-bond acceptors (Lipinski definition) is 9. The predicted molar refractivity (Wildman–Crippen MR) is 224 cm³/mol. The summed E-state index contributed by atoms with van der Waals surface area (Å²) in [4.78, 5) is 49.9. The average molecular weight is 798 g/mol. The molecular weight excluding hydrogens is 742 g/mol. The highest BCUT2D eigenvalue weighted by Gasteiger charge is 2.30. The van der Waals surface area contributed by atoms with E-state index in [1.54, 1.807) is 7.11 Å². The number of anilines is 2. The maximum atomic E-state index is 12.4. The number of amides is 3. The van der Waals surface area contributed by atoms with E-state index in [-0.39, 0.29) is 23.6 Å². The first-order valence-corrected chi connectivity index (χ1v) is 20.9. The van der Waals surface area contributed by atoms with Crippen molar-refractivity contribution in [2.75, 3.05) is 63.3 Å². The van der Waals surface area contributed by atoms with E-state index in [2.05, 4.69) is 60.2 Å². The van der Waals surface area contributed by atoms with Crippen molar-refractivity contribution in [3.8, 4) is 11.3 Å². The molecule has 12 nitrogen and oxygen atoms in total. The second-order valence-electron chi connectivity index (χ2n) is 16.1. The molecule has 0 spiro atoms. The number of rotatable bonds is 10. The van der Waals surface area contributed by atoms with Gasteiger partial charge in [-0.2, -0.15) is 0 Å². The highest BCUT2D eigenvalue weighted by molar-refractivity contribution is 6.32. The lowest BCUT2D eigenvalue weighted by Gasteiger charge is -2.38. The number of hydrogen-bond donors (Lipinski definition) is 2. The number of pyridine rings is 2. The fourth-order valence-electron chi connectivity index (χ4n) is 8.71. The summed E-state index contributed by atoms with van der Waals surface area (Å²) in [7, 11) is 1.72. The van der Waals surface area contributed by atoms with Gasteiger partial charge in [0.15, 0.2) is 0 Å². The van der Waals surface area contributed by atoms with Gasteiger partial charge in [0.1, 0.15) is 5.82 Å². The number of fused-ring (bicyclic) bond motifs is 1. The van der Waals surface area contributed by atoms with E-state index in [0.29, 0.717) is 41.6 Å². The van der Waals surface area contributed by atoms with Gasteiger partial charge in [-0.25, -0.2) is 4.98 Å². The molecule has 1 aromatic carbocycles. The molecule has 4 saturated heterocycles. The van der Waals surface area contributed by atoms with Crippen LogP contribution in [0.2, 0.25) is 5.02 Å². The van der Waals surface area contributed by atoms with E-state index < -0.39 is 0 Å². The molecule has 3 aromatic heterocycles. The molecule has 0 radical (unpaired) electrons. The van der Waals surface area contributed by atoms with Gasteiger partial charge in [-0.3, -0.25) is 24.7 Å². The summed E-state index contributed by atoms with van der Waals surface area (Å²) < 4.78 is 12.3. The van der Waals surface area contributed by atoms with Crippen LogP contribution in [0.5, 0.6) is 0 Å². The molecule has 0 bridgehead atoms.